The van der Waals surface area contributed by atoms with Crippen molar-refractivity contribution in [3.63, 3.8) is 0 Å². The number of hydrogen-bond acceptors (Lipinski definition) is 2. The van der Waals surface area contributed by atoms with Gasteiger partial charge in [0, 0.05) is 26.9 Å². The first-order valence-corrected chi connectivity index (χ1v) is 16.1. The van der Waals surface area contributed by atoms with Gasteiger partial charge in [0.15, 0.2) is 0 Å². The van der Waals surface area contributed by atoms with Crippen molar-refractivity contribution in [1.82, 2.24) is 14.0 Å². The van der Waals surface area contributed by atoms with Gasteiger partial charge in [0.05, 0.1) is 38.7 Å². The highest BCUT2D eigenvalue weighted by atomic mass is 16.3. The Kier molecular flexibility index (Phi) is 4.20. The van der Waals surface area contributed by atoms with E-state index >= 15 is 0 Å². The van der Waals surface area contributed by atoms with E-state index in [4.69, 9.17) is 9.40 Å². The molecular weight excluding hydrogens is 574 g/mol. The van der Waals surface area contributed by atoms with Gasteiger partial charge in [-0.25, -0.2) is 4.98 Å². The molecule has 4 nitrogen and oxygen atoms in total. The van der Waals surface area contributed by atoms with Gasteiger partial charge in [0.2, 0.25) is 0 Å². The van der Waals surface area contributed by atoms with E-state index < -0.39 is 0 Å². The first kappa shape index (κ1) is 23.9. The molecule has 1 aliphatic rings. The molecule has 0 bridgehead atoms. The van der Waals surface area contributed by atoms with Crippen LogP contribution in [0.25, 0.3) is 110 Å². The zero-order valence-electron chi connectivity index (χ0n) is 25.0. The largest absolute Gasteiger partial charge is 0.456 e. The number of hydrogen-bond donors (Lipinski definition) is 0. The van der Waals surface area contributed by atoms with Gasteiger partial charge >= 0.3 is 0 Å². The van der Waals surface area contributed by atoms with Gasteiger partial charge < -0.3 is 8.98 Å². The molecule has 0 amide bonds. The number of nitrogens with zero attached hydrogens (tertiary/aromatic N) is 3. The molecule has 4 heterocycles. The number of para-hydroxylation sites is 2. The minimum absolute atomic E-state index is 0.873. The molecule has 0 radical (unpaired) electrons. The molecule has 0 saturated heterocycles. The van der Waals surface area contributed by atoms with Crippen LogP contribution in [0.15, 0.2) is 144 Å². The monoisotopic (exact) mass is 597 g/mol. The molecule has 0 saturated carbocycles. The summed E-state index contributed by atoms with van der Waals surface area (Å²) in [6.07, 6.45) is 0. The maximum atomic E-state index is 6.40. The Bertz CT molecular complexity index is 3160. The second-order valence-corrected chi connectivity index (χ2v) is 12.7. The number of aromatic nitrogens is 3. The Labute approximate surface area is 267 Å². The number of benzene rings is 7. The molecule has 216 valence electrons. The van der Waals surface area contributed by atoms with Crippen LogP contribution in [0.1, 0.15) is 0 Å². The van der Waals surface area contributed by atoms with E-state index in [2.05, 4.69) is 142 Å². The van der Waals surface area contributed by atoms with Gasteiger partial charge in [-0.05, 0) is 58.0 Å². The molecule has 0 spiro atoms. The number of imidazole rings is 1. The van der Waals surface area contributed by atoms with Gasteiger partial charge in [-0.3, -0.25) is 4.40 Å². The van der Waals surface area contributed by atoms with Crippen molar-refractivity contribution in [2.24, 2.45) is 0 Å². The molecule has 4 heteroatoms. The zero-order valence-corrected chi connectivity index (χ0v) is 25.0. The molecule has 12 rings (SSSR count). The Hall–Kier alpha value is -6.39. The highest BCUT2D eigenvalue weighted by Gasteiger charge is 2.26. The fraction of sp³-hybridized carbons (Fsp3) is 0. The normalized spacial score (nSPS) is 12.7. The third kappa shape index (κ3) is 2.79. The summed E-state index contributed by atoms with van der Waals surface area (Å²) in [5.41, 5.74) is 14.7. The first-order valence-electron chi connectivity index (χ1n) is 16.1. The standard InChI is InChI=1S/C43H23N3O/c1-2-11-25-24(10-1)26-16-9-17-30-35(22-20-27(25)38(26)30)45-34-18-7-5-14-31(34)41-40(45)28-12-3-4-13-29(28)43-44-33-21-23-37-39(42(33)46(41)43)32-15-6-8-19-36(32)47-37/h1-23H. The average Bonchev–Trinajstić information content (AvgIpc) is 3.87. The van der Waals surface area contributed by atoms with Crippen LogP contribution in [0.5, 0.6) is 0 Å². The van der Waals surface area contributed by atoms with Gasteiger partial charge in [0.25, 0.3) is 0 Å². The second kappa shape index (κ2) is 8.25. The van der Waals surface area contributed by atoms with Crippen LogP contribution in [0.4, 0.5) is 0 Å². The highest BCUT2D eigenvalue weighted by molar-refractivity contribution is 6.26. The van der Waals surface area contributed by atoms with Crippen LogP contribution in [0.3, 0.4) is 0 Å². The molecule has 11 aromatic rings. The van der Waals surface area contributed by atoms with Crippen molar-refractivity contribution in [3.8, 4) is 27.9 Å². The van der Waals surface area contributed by atoms with Crippen LogP contribution in [0, 0.1) is 0 Å². The smallest absolute Gasteiger partial charge is 0.146 e. The summed E-state index contributed by atoms with van der Waals surface area (Å²) in [5, 5.41) is 8.27. The Morgan fingerprint density at radius 1 is 0.426 bits per heavy atom. The predicted octanol–water partition coefficient (Wildman–Crippen LogP) is 11.4. The Morgan fingerprint density at radius 3 is 1.98 bits per heavy atom. The van der Waals surface area contributed by atoms with E-state index in [9.17, 15) is 0 Å². The predicted molar refractivity (Wildman–Crippen MR) is 194 cm³/mol. The maximum Gasteiger partial charge on any atom is 0.146 e. The van der Waals surface area contributed by atoms with E-state index in [1.807, 2.05) is 6.07 Å². The highest BCUT2D eigenvalue weighted by Crippen LogP contribution is 2.50. The third-order valence-electron chi connectivity index (χ3n) is 10.4. The summed E-state index contributed by atoms with van der Waals surface area (Å²) < 4.78 is 11.3. The van der Waals surface area contributed by atoms with Crippen LogP contribution in [-0.4, -0.2) is 14.0 Å². The van der Waals surface area contributed by atoms with Gasteiger partial charge in [0.1, 0.15) is 16.8 Å². The van der Waals surface area contributed by atoms with Crippen molar-refractivity contribution in [1.29, 1.82) is 0 Å². The fourth-order valence-corrected chi connectivity index (χ4v) is 8.59. The molecule has 0 atom stereocenters. The van der Waals surface area contributed by atoms with E-state index in [0.717, 1.165) is 49.5 Å². The lowest BCUT2D eigenvalue weighted by atomic mass is 10.0. The van der Waals surface area contributed by atoms with Crippen molar-refractivity contribution in [2.45, 2.75) is 0 Å². The van der Waals surface area contributed by atoms with Crippen molar-refractivity contribution in [2.75, 3.05) is 0 Å². The summed E-state index contributed by atoms with van der Waals surface area (Å²) in [5.74, 6) is 0. The van der Waals surface area contributed by atoms with Crippen molar-refractivity contribution in [3.05, 3.63) is 140 Å². The molecule has 47 heavy (non-hydrogen) atoms. The maximum absolute atomic E-state index is 6.40. The van der Waals surface area contributed by atoms with Crippen molar-refractivity contribution < 1.29 is 4.42 Å². The fourth-order valence-electron chi connectivity index (χ4n) is 8.59. The lowest BCUT2D eigenvalue weighted by Gasteiger charge is -2.15. The lowest BCUT2D eigenvalue weighted by molar-refractivity contribution is 0.669. The second-order valence-electron chi connectivity index (χ2n) is 12.7. The van der Waals surface area contributed by atoms with E-state index in [1.165, 1.54) is 60.5 Å². The molecule has 0 N–H and O–H groups in total. The number of furan rings is 1. The first-order chi connectivity index (χ1) is 23.3. The number of rotatable bonds is 1. The molecule has 0 aliphatic heterocycles. The van der Waals surface area contributed by atoms with E-state index in [1.54, 1.807) is 0 Å². The number of fused-ring (bicyclic) bond motifs is 17. The summed E-state index contributed by atoms with van der Waals surface area (Å²) >= 11 is 0. The van der Waals surface area contributed by atoms with Gasteiger partial charge in [-0.15, -0.1) is 0 Å². The van der Waals surface area contributed by atoms with E-state index in [-0.39, 0.29) is 0 Å². The SMILES string of the molecule is c1ccc2c(c1)-c1cccc3c(-n4c5ccccc5c5c4c4ccccc4c4nc6ccc7oc8ccccc8c7c6n45)ccc-2c13. The zero-order chi connectivity index (χ0) is 30.4. The average molecular weight is 598 g/mol. The molecule has 1 aliphatic carbocycles. The minimum atomic E-state index is 0.873. The van der Waals surface area contributed by atoms with Crippen LogP contribution in [-0.2, 0) is 0 Å². The molecule has 0 fully saturated rings. The van der Waals surface area contributed by atoms with Crippen LogP contribution >= 0.6 is 0 Å². The third-order valence-corrected chi connectivity index (χ3v) is 10.4. The number of pyridine rings is 1. The van der Waals surface area contributed by atoms with Crippen LogP contribution < -0.4 is 0 Å². The molecule has 4 aromatic heterocycles. The summed E-state index contributed by atoms with van der Waals surface area (Å²) in [7, 11) is 0. The topological polar surface area (TPSA) is 35.4 Å². The minimum Gasteiger partial charge on any atom is -0.456 e. The lowest BCUT2D eigenvalue weighted by Crippen LogP contribution is -1.98. The van der Waals surface area contributed by atoms with Gasteiger partial charge in [-0.2, -0.15) is 0 Å². The summed E-state index contributed by atoms with van der Waals surface area (Å²) in [6.45, 7) is 0. The van der Waals surface area contributed by atoms with E-state index in [0.29, 0.717) is 0 Å². The van der Waals surface area contributed by atoms with Gasteiger partial charge in [-0.1, -0.05) is 109 Å². The quantitative estimate of drug-likeness (QED) is 0.189. The Morgan fingerprint density at radius 2 is 1.11 bits per heavy atom. The molecular formula is C43H23N3O. The van der Waals surface area contributed by atoms with Crippen molar-refractivity contribution >= 4 is 82.1 Å². The molecule has 0 unspecified atom stereocenters. The summed E-state index contributed by atoms with van der Waals surface area (Å²) in [4.78, 5) is 5.34. The summed E-state index contributed by atoms with van der Waals surface area (Å²) in [6, 6.07) is 50.3. The Balaban J connectivity index is 1.35. The molecule has 7 aromatic carbocycles. The van der Waals surface area contributed by atoms with Crippen LogP contribution in [0.2, 0.25) is 0 Å².